The number of methoxy groups -OCH3 is 1. The van der Waals surface area contributed by atoms with Gasteiger partial charge in [0.2, 0.25) is 5.91 Å². The van der Waals surface area contributed by atoms with Crippen LogP contribution in [0, 0.1) is 5.41 Å². The smallest absolute Gasteiger partial charge is 0.330 e. The lowest BCUT2D eigenvalue weighted by molar-refractivity contribution is -0.120. The lowest BCUT2D eigenvalue weighted by Gasteiger charge is -2.28. The Morgan fingerprint density at radius 2 is 1.86 bits per heavy atom. The molecule has 1 aromatic carbocycles. The van der Waals surface area contributed by atoms with Gasteiger partial charge < -0.3 is 15.4 Å². The molecular formula is C20H28N4O4. The first-order valence-electron chi connectivity index (χ1n) is 9.10. The summed E-state index contributed by atoms with van der Waals surface area (Å²) in [4.78, 5) is 41.5. The summed E-state index contributed by atoms with van der Waals surface area (Å²) in [5.41, 5.74) is 5.40. The number of nitrogens with zero attached hydrogens (tertiary/aromatic N) is 2. The highest BCUT2D eigenvalue weighted by Gasteiger charge is 2.27. The number of anilines is 2. The van der Waals surface area contributed by atoms with Gasteiger partial charge in [0.15, 0.2) is 5.69 Å². The maximum absolute atomic E-state index is 13.1. The van der Waals surface area contributed by atoms with Gasteiger partial charge in [0.1, 0.15) is 5.82 Å². The van der Waals surface area contributed by atoms with Crippen LogP contribution in [-0.2, 0) is 22.6 Å². The van der Waals surface area contributed by atoms with Crippen LogP contribution in [-0.4, -0.2) is 29.2 Å². The van der Waals surface area contributed by atoms with E-state index in [2.05, 4.69) is 4.98 Å². The molecule has 0 fully saturated rings. The molecule has 1 aromatic heterocycles. The number of aromatic amines is 1. The molecular weight excluding hydrogens is 360 g/mol. The van der Waals surface area contributed by atoms with Crippen LogP contribution >= 0.6 is 0 Å². The van der Waals surface area contributed by atoms with Crippen LogP contribution in [0.15, 0.2) is 39.9 Å². The fraction of sp³-hybridized carbons (Fsp3) is 0.450. The standard InChI is InChI=1S/C20H28N4O4/c1-20(2,3)12-15(25)24(13-14-8-6-5-7-9-14)16-17(21)23(10-11-28-4)19(27)22-18(16)26/h5-9H,10-13,21H2,1-4H3,(H,22,26,27). The van der Waals surface area contributed by atoms with E-state index in [0.717, 1.165) is 5.56 Å². The third-order valence-corrected chi connectivity index (χ3v) is 4.17. The van der Waals surface area contributed by atoms with Gasteiger partial charge >= 0.3 is 5.69 Å². The van der Waals surface area contributed by atoms with Gasteiger partial charge in [-0.3, -0.25) is 19.1 Å². The summed E-state index contributed by atoms with van der Waals surface area (Å²) in [6.07, 6.45) is 0.218. The Morgan fingerprint density at radius 1 is 1.21 bits per heavy atom. The van der Waals surface area contributed by atoms with Crippen LogP contribution in [0.4, 0.5) is 11.5 Å². The van der Waals surface area contributed by atoms with E-state index in [0.29, 0.717) is 0 Å². The summed E-state index contributed by atoms with van der Waals surface area (Å²) >= 11 is 0. The monoisotopic (exact) mass is 388 g/mol. The second kappa shape index (κ2) is 8.88. The quantitative estimate of drug-likeness (QED) is 0.751. The molecule has 1 heterocycles. The second-order valence-corrected chi connectivity index (χ2v) is 7.84. The Bertz CT molecular complexity index is 926. The van der Waals surface area contributed by atoms with Crippen molar-refractivity contribution >= 4 is 17.4 Å². The van der Waals surface area contributed by atoms with Crippen molar-refractivity contribution in [1.29, 1.82) is 0 Å². The second-order valence-electron chi connectivity index (χ2n) is 7.84. The lowest BCUT2D eigenvalue weighted by Crippen LogP contribution is -2.42. The molecule has 8 nitrogen and oxygen atoms in total. The van der Waals surface area contributed by atoms with Crippen molar-refractivity contribution in [1.82, 2.24) is 9.55 Å². The van der Waals surface area contributed by atoms with Crippen molar-refractivity contribution in [2.75, 3.05) is 24.4 Å². The lowest BCUT2D eigenvalue weighted by atomic mass is 9.91. The van der Waals surface area contributed by atoms with Crippen LogP contribution in [0.5, 0.6) is 0 Å². The van der Waals surface area contributed by atoms with Gasteiger partial charge in [0.05, 0.1) is 19.7 Å². The van der Waals surface area contributed by atoms with Crippen molar-refractivity contribution in [3.63, 3.8) is 0 Å². The number of benzene rings is 1. The zero-order valence-electron chi connectivity index (χ0n) is 16.8. The zero-order valence-corrected chi connectivity index (χ0v) is 16.8. The number of carbonyl (C=O) groups excluding carboxylic acids is 1. The van der Waals surface area contributed by atoms with Gasteiger partial charge in [-0.05, 0) is 11.0 Å². The minimum Gasteiger partial charge on any atom is -0.383 e. The molecule has 2 rings (SSSR count). The molecule has 1 amide bonds. The maximum Gasteiger partial charge on any atom is 0.330 e. The zero-order chi connectivity index (χ0) is 20.9. The predicted octanol–water partition coefficient (Wildman–Crippen LogP) is 1.73. The number of hydrogen-bond donors (Lipinski definition) is 2. The van der Waals surface area contributed by atoms with Gasteiger partial charge in [-0.1, -0.05) is 51.1 Å². The van der Waals surface area contributed by atoms with Crippen LogP contribution in [0.3, 0.4) is 0 Å². The van der Waals surface area contributed by atoms with Gasteiger partial charge in [-0.15, -0.1) is 0 Å². The van der Waals surface area contributed by atoms with Gasteiger partial charge in [-0.2, -0.15) is 0 Å². The molecule has 0 aliphatic heterocycles. The largest absolute Gasteiger partial charge is 0.383 e. The minimum atomic E-state index is -0.686. The normalized spacial score (nSPS) is 11.4. The van der Waals surface area contributed by atoms with Crippen LogP contribution < -0.4 is 21.9 Å². The third-order valence-electron chi connectivity index (χ3n) is 4.17. The summed E-state index contributed by atoms with van der Waals surface area (Å²) in [5, 5.41) is 0. The van der Waals surface area contributed by atoms with E-state index in [-0.39, 0.29) is 48.9 Å². The van der Waals surface area contributed by atoms with Crippen molar-refractivity contribution in [2.45, 2.75) is 40.3 Å². The molecule has 28 heavy (non-hydrogen) atoms. The minimum absolute atomic E-state index is 0.0196. The molecule has 0 unspecified atom stereocenters. The molecule has 0 saturated carbocycles. The summed E-state index contributed by atoms with van der Waals surface area (Å²) in [5.74, 6) is -0.297. The first kappa shape index (κ1) is 21.4. The summed E-state index contributed by atoms with van der Waals surface area (Å²) < 4.78 is 6.22. The van der Waals surface area contributed by atoms with Crippen molar-refractivity contribution in [2.24, 2.45) is 5.41 Å². The number of H-pyrrole nitrogens is 1. The molecule has 0 atom stereocenters. The van der Waals surface area contributed by atoms with E-state index in [1.807, 2.05) is 51.1 Å². The molecule has 0 aliphatic carbocycles. The van der Waals surface area contributed by atoms with Crippen molar-refractivity contribution in [3.8, 4) is 0 Å². The van der Waals surface area contributed by atoms with E-state index < -0.39 is 11.2 Å². The number of amides is 1. The SMILES string of the molecule is COCCn1c(N)c(N(Cc2ccccc2)C(=O)CC(C)(C)C)c(=O)[nH]c1=O. The molecule has 3 N–H and O–H groups in total. The highest BCUT2D eigenvalue weighted by atomic mass is 16.5. The highest BCUT2D eigenvalue weighted by Crippen LogP contribution is 2.25. The molecule has 0 spiro atoms. The van der Waals surface area contributed by atoms with E-state index in [9.17, 15) is 14.4 Å². The number of hydrogen-bond acceptors (Lipinski definition) is 5. The first-order valence-corrected chi connectivity index (χ1v) is 9.10. The molecule has 2 aromatic rings. The Balaban J connectivity index is 2.57. The van der Waals surface area contributed by atoms with E-state index in [1.54, 1.807) is 0 Å². The van der Waals surface area contributed by atoms with E-state index >= 15 is 0 Å². The summed E-state index contributed by atoms with van der Waals surface area (Å²) in [6.45, 7) is 6.41. The highest BCUT2D eigenvalue weighted by molar-refractivity contribution is 5.95. The number of ether oxygens (including phenoxy) is 1. The van der Waals surface area contributed by atoms with Gasteiger partial charge in [0, 0.05) is 13.5 Å². The molecule has 0 aliphatic rings. The predicted molar refractivity (Wildman–Crippen MR) is 109 cm³/mol. The Labute approximate surface area is 163 Å². The molecule has 152 valence electrons. The Hall–Kier alpha value is -2.87. The Kier molecular flexibility index (Phi) is 6.80. The van der Waals surface area contributed by atoms with E-state index in [1.165, 1.54) is 16.6 Å². The fourth-order valence-electron chi connectivity index (χ4n) is 2.85. The molecule has 0 radical (unpaired) electrons. The fourth-order valence-corrected chi connectivity index (χ4v) is 2.85. The number of nitrogens with two attached hydrogens (primary N) is 1. The number of aromatic nitrogens is 2. The van der Waals surface area contributed by atoms with Crippen LogP contribution in [0.2, 0.25) is 0 Å². The summed E-state index contributed by atoms with van der Waals surface area (Å²) in [6, 6.07) is 9.31. The number of nitrogen functional groups attached to an aromatic ring is 1. The third kappa shape index (κ3) is 5.32. The molecule has 0 saturated heterocycles. The van der Waals surface area contributed by atoms with Gasteiger partial charge in [-0.25, -0.2) is 4.79 Å². The maximum atomic E-state index is 13.1. The number of nitrogens with one attached hydrogen (secondary N) is 1. The average Bonchev–Trinajstić information content (AvgIpc) is 2.60. The number of carbonyl (C=O) groups is 1. The van der Waals surface area contributed by atoms with Crippen LogP contribution in [0.1, 0.15) is 32.8 Å². The first-order chi connectivity index (χ1) is 13.1. The van der Waals surface area contributed by atoms with Crippen molar-refractivity contribution < 1.29 is 9.53 Å². The van der Waals surface area contributed by atoms with Crippen molar-refractivity contribution in [3.05, 3.63) is 56.7 Å². The molecule has 0 bridgehead atoms. The summed E-state index contributed by atoms with van der Waals surface area (Å²) in [7, 11) is 1.50. The Morgan fingerprint density at radius 3 is 2.43 bits per heavy atom. The van der Waals surface area contributed by atoms with E-state index in [4.69, 9.17) is 10.5 Å². The topological polar surface area (TPSA) is 110 Å². The number of rotatable bonds is 7. The van der Waals surface area contributed by atoms with Gasteiger partial charge in [0.25, 0.3) is 5.56 Å². The molecule has 8 heteroatoms. The average molecular weight is 388 g/mol. The van der Waals surface area contributed by atoms with Crippen LogP contribution in [0.25, 0.3) is 0 Å².